The molecular weight excluding hydrogens is 296 g/mol. The van der Waals surface area contributed by atoms with Crippen molar-refractivity contribution in [2.24, 2.45) is 0 Å². The van der Waals surface area contributed by atoms with Gasteiger partial charge in [0, 0.05) is 0 Å². The summed E-state index contributed by atoms with van der Waals surface area (Å²) >= 11 is 0. The Morgan fingerprint density at radius 1 is 0.550 bits per heavy atom. The van der Waals surface area contributed by atoms with Gasteiger partial charge in [0.15, 0.2) is 0 Å². The number of carbonyl (C=O) groups excluding carboxylic acids is 4. The normalized spacial score (nSPS) is 19.2. The quantitative estimate of drug-likeness (QED) is 0.293. The van der Waals surface area contributed by atoms with Gasteiger partial charge in [0.1, 0.15) is 0 Å². The zero-order valence-corrected chi connectivity index (χ0v) is 8.90. The van der Waals surface area contributed by atoms with Gasteiger partial charge in [-0.2, -0.15) is 21.9 Å². The van der Waals surface area contributed by atoms with Crippen LogP contribution in [0.2, 0.25) is 0 Å². The average Bonchev–Trinajstić information content (AvgIpc) is 2.37. The van der Waals surface area contributed by atoms with E-state index in [1.165, 1.54) is 21.9 Å². The maximum atomic E-state index is 10.8. The van der Waals surface area contributed by atoms with E-state index >= 15 is 0 Å². The minimum Gasteiger partial charge on any atom is -0.356 e. The number of hydroxylamine groups is 4. The van der Waals surface area contributed by atoms with Crippen molar-refractivity contribution < 1.29 is 58.7 Å². The lowest BCUT2D eigenvalue weighted by Gasteiger charge is -2.07. The van der Waals surface area contributed by atoms with Crippen molar-refractivity contribution in [3.8, 4) is 0 Å². The van der Waals surface area contributed by atoms with E-state index in [9.17, 15) is 19.2 Å². The van der Waals surface area contributed by atoms with Crippen LogP contribution in [0.3, 0.4) is 0 Å². The number of hydrogen-bond donors (Lipinski definition) is 4. The molecule has 0 bridgehead atoms. The van der Waals surface area contributed by atoms with Crippen LogP contribution in [0, 0.1) is 0 Å². The SMILES string of the molecule is O=C1NOOONC(=O)OONC(=O)OC(=O)NOO1. The summed E-state index contributed by atoms with van der Waals surface area (Å²) in [5.41, 5.74) is 5.40. The van der Waals surface area contributed by atoms with Crippen LogP contribution < -0.4 is 21.9 Å². The van der Waals surface area contributed by atoms with Crippen LogP contribution in [-0.2, 0) is 39.5 Å². The van der Waals surface area contributed by atoms with Gasteiger partial charge in [-0.15, -0.1) is 0 Å². The lowest BCUT2D eigenvalue weighted by Crippen LogP contribution is -2.37. The van der Waals surface area contributed by atoms with Crippen molar-refractivity contribution >= 4 is 24.4 Å². The smallest absolute Gasteiger partial charge is 0.356 e. The van der Waals surface area contributed by atoms with Gasteiger partial charge >= 0.3 is 24.4 Å². The highest BCUT2D eigenvalue weighted by molar-refractivity contribution is 5.82. The van der Waals surface area contributed by atoms with E-state index in [0.29, 0.717) is 0 Å². The van der Waals surface area contributed by atoms with Crippen molar-refractivity contribution in [2.75, 3.05) is 0 Å². The molecule has 1 fully saturated rings. The number of cyclic esters (lactones) is 2. The monoisotopic (exact) mass is 300 g/mol. The Labute approximate surface area is 106 Å². The lowest BCUT2D eigenvalue weighted by molar-refractivity contribution is -0.547. The summed E-state index contributed by atoms with van der Waals surface area (Å²) in [6.07, 6.45) is -5.90. The lowest BCUT2D eigenvalue weighted by atomic mass is 11.1. The summed E-state index contributed by atoms with van der Waals surface area (Å²) < 4.78 is 3.86. The van der Waals surface area contributed by atoms with E-state index in [-0.39, 0.29) is 0 Å². The summed E-state index contributed by atoms with van der Waals surface area (Å²) in [5, 5.41) is 3.68. The van der Waals surface area contributed by atoms with Crippen LogP contribution >= 0.6 is 0 Å². The molecule has 0 atom stereocenters. The molecule has 1 rings (SSSR count). The van der Waals surface area contributed by atoms with Gasteiger partial charge in [-0.3, -0.25) is 0 Å². The molecule has 4 N–H and O–H groups in total. The van der Waals surface area contributed by atoms with E-state index in [4.69, 9.17) is 0 Å². The second-order valence-corrected chi connectivity index (χ2v) is 2.23. The van der Waals surface area contributed by atoms with Gasteiger partial charge in [-0.05, 0) is 5.04 Å². The highest BCUT2D eigenvalue weighted by Gasteiger charge is 2.14. The second kappa shape index (κ2) is 8.23. The third-order valence-electron chi connectivity index (χ3n) is 0.988. The minimum atomic E-state index is -1.52. The molecule has 0 aromatic carbocycles. The van der Waals surface area contributed by atoms with Crippen molar-refractivity contribution in [3.63, 3.8) is 0 Å². The fourth-order valence-electron chi connectivity index (χ4n) is 0.464. The van der Waals surface area contributed by atoms with Gasteiger partial charge in [-0.25, -0.2) is 29.0 Å². The number of ether oxygens (including phenoxy) is 1. The van der Waals surface area contributed by atoms with Crippen LogP contribution in [0.15, 0.2) is 0 Å². The first-order valence-corrected chi connectivity index (χ1v) is 4.12. The summed E-state index contributed by atoms with van der Waals surface area (Å²) in [4.78, 5) is 65.6. The number of nitrogens with one attached hydrogen (secondary N) is 4. The molecule has 4 amide bonds. The molecule has 0 saturated carbocycles. The Kier molecular flexibility index (Phi) is 6.23. The fourth-order valence-corrected chi connectivity index (χ4v) is 0.464. The standard InChI is InChI=1S/C4H4N4O12/c9-1-5-16-14-3(11)7-18-20-19-8-4(12)15-17-6-2(10)13-1/h(H,5,9)(H,6,10)(H,7,11)(H,8,12). The predicted octanol–water partition coefficient (Wildman–Crippen LogP) is -1.71. The fraction of sp³-hybridized carbons (Fsp3) is 0. The van der Waals surface area contributed by atoms with Crippen molar-refractivity contribution in [1.82, 2.24) is 21.9 Å². The molecule has 0 aliphatic carbocycles. The summed E-state index contributed by atoms with van der Waals surface area (Å²) in [6.45, 7) is 0. The molecule has 20 heavy (non-hydrogen) atoms. The van der Waals surface area contributed by atoms with Crippen molar-refractivity contribution in [1.29, 1.82) is 0 Å². The first-order chi connectivity index (χ1) is 9.58. The molecule has 1 aliphatic heterocycles. The molecule has 112 valence electrons. The van der Waals surface area contributed by atoms with Gasteiger partial charge in [0.05, 0.1) is 0 Å². The highest BCUT2D eigenvalue weighted by Crippen LogP contribution is 1.86. The van der Waals surface area contributed by atoms with Crippen LogP contribution in [-0.4, -0.2) is 24.4 Å². The Morgan fingerprint density at radius 2 is 0.950 bits per heavy atom. The molecule has 0 spiro atoms. The molecule has 16 nitrogen and oxygen atoms in total. The molecule has 1 heterocycles. The maximum Gasteiger partial charge on any atom is 0.467 e. The zero-order chi connectivity index (χ0) is 14.8. The van der Waals surface area contributed by atoms with Gasteiger partial charge in [0.2, 0.25) is 0 Å². The van der Waals surface area contributed by atoms with Gasteiger partial charge in [-0.1, -0.05) is 20.0 Å². The molecule has 0 aromatic rings. The molecule has 0 aromatic heterocycles. The summed E-state index contributed by atoms with van der Waals surface area (Å²) in [6, 6.07) is 0. The first-order valence-electron chi connectivity index (χ1n) is 4.12. The van der Waals surface area contributed by atoms with Crippen LogP contribution in [0.1, 0.15) is 0 Å². The Bertz CT molecular complexity index is 350. The number of carbonyl (C=O) groups is 4. The molecule has 16 heteroatoms. The first kappa shape index (κ1) is 15.1. The Balaban J connectivity index is 2.43. The number of rotatable bonds is 0. The van der Waals surface area contributed by atoms with E-state index in [1.807, 2.05) is 0 Å². The highest BCUT2D eigenvalue weighted by atomic mass is 17.6. The number of hydrogen-bond acceptors (Lipinski definition) is 12. The minimum absolute atomic E-state index is 1.33. The van der Waals surface area contributed by atoms with E-state index in [2.05, 4.69) is 39.5 Å². The summed E-state index contributed by atoms with van der Waals surface area (Å²) in [7, 11) is 0. The maximum absolute atomic E-state index is 10.8. The van der Waals surface area contributed by atoms with Gasteiger partial charge in [0.25, 0.3) is 0 Å². The summed E-state index contributed by atoms with van der Waals surface area (Å²) in [5.74, 6) is 0. The number of amides is 4. The predicted molar refractivity (Wildman–Crippen MR) is 42.8 cm³/mol. The van der Waals surface area contributed by atoms with Crippen LogP contribution in [0.5, 0.6) is 0 Å². The van der Waals surface area contributed by atoms with Gasteiger partial charge < -0.3 is 4.74 Å². The molecule has 0 radical (unpaired) electrons. The molecular formula is C4H4N4O12. The molecule has 1 aliphatic rings. The largest absolute Gasteiger partial charge is 0.467 e. The topological polar surface area (TPSA) is 190 Å². The van der Waals surface area contributed by atoms with Crippen LogP contribution in [0.25, 0.3) is 0 Å². The van der Waals surface area contributed by atoms with Crippen LogP contribution in [0.4, 0.5) is 19.2 Å². The van der Waals surface area contributed by atoms with Crippen molar-refractivity contribution in [3.05, 3.63) is 0 Å². The Morgan fingerprint density at radius 3 is 1.40 bits per heavy atom. The Hall–Kier alpha value is -2.92. The molecule has 1 saturated heterocycles. The third-order valence-corrected chi connectivity index (χ3v) is 0.988. The van der Waals surface area contributed by atoms with Crippen molar-refractivity contribution in [2.45, 2.75) is 0 Å². The van der Waals surface area contributed by atoms with E-state index in [0.717, 1.165) is 0 Å². The zero-order valence-electron chi connectivity index (χ0n) is 8.90. The third kappa shape index (κ3) is 6.73. The second-order valence-electron chi connectivity index (χ2n) is 2.23. The van der Waals surface area contributed by atoms with E-state index in [1.54, 1.807) is 0 Å². The van der Waals surface area contributed by atoms with E-state index < -0.39 is 24.4 Å². The average molecular weight is 300 g/mol. The molecule has 0 unspecified atom stereocenters.